The van der Waals surface area contributed by atoms with E-state index in [0.717, 1.165) is 25.7 Å². The average Bonchev–Trinajstić information content (AvgIpc) is 2.67. The lowest BCUT2D eigenvalue weighted by Gasteiger charge is -2.28. The molecule has 1 atom stereocenters. The van der Waals surface area contributed by atoms with E-state index < -0.39 is 11.6 Å². The van der Waals surface area contributed by atoms with Crippen LogP contribution in [-0.2, 0) is 14.3 Å². The molecule has 1 rings (SSSR count). The van der Waals surface area contributed by atoms with Gasteiger partial charge in [0.15, 0.2) is 0 Å². The zero-order valence-corrected chi connectivity index (χ0v) is 17.2. The minimum atomic E-state index is -0.910. The van der Waals surface area contributed by atoms with E-state index in [2.05, 4.69) is 19.2 Å². The Hall–Kier alpha value is -2.08. The maximum atomic E-state index is 12.8. The number of carbonyl (C=O) groups excluding carboxylic acids is 2. The Labute approximate surface area is 162 Å². The molecule has 0 saturated carbocycles. The first-order valence-electron chi connectivity index (χ1n) is 9.72. The van der Waals surface area contributed by atoms with Crippen molar-refractivity contribution in [3.63, 3.8) is 0 Å². The van der Waals surface area contributed by atoms with Gasteiger partial charge in [0.05, 0.1) is 13.7 Å². The van der Waals surface area contributed by atoms with Crippen LogP contribution in [-0.4, -0.2) is 37.8 Å². The molecule has 6 heteroatoms. The molecule has 0 radical (unpaired) electrons. The van der Waals surface area contributed by atoms with E-state index in [9.17, 15) is 9.59 Å². The third-order valence-electron chi connectivity index (χ3n) is 4.35. The fraction of sp³-hybridized carbons (Fsp3) is 0.619. The highest BCUT2D eigenvalue weighted by molar-refractivity contribution is 5.99. The van der Waals surface area contributed by atoms with Gasteiger partial charge < -0.3 is 19.5 Å². The van der Waals surface area contributed by atoms with Crippen molar-refractivity contribution in [1.29, 1.82) is 0 Å². The number of nitrogens with one attached hydrogen (secondary N) is 1. The maximum Gasteiger partial charge on any atom is 0.341 e. The first kappa shape index (κ1) is 23.0. The van der Waals surface area contributed by atoms with Gasteiger partial charge in [0.2, 0.25) is 0 Å². The molecule has 152 valence electrons. The summed E-state index contributed by atoms with van der Waals surface area (Å²) < 4.78 is 16.3. The first-order valence-corrected chi connectivity index (χ1v) is 9.72. The minimum Gasteiger partial charge on any atom is -0.493 e. The van der Waals surface area contributed by atoms with E-state index in [1.54, 1.807) is 25.1 Å². The normalized spacial score (nSPS) is 12.9. The smallest absolute Gasteiger partial charge is 0.341 e. The first-order chi connectivity index (χ1) is 12.9. The van der Waals surface area contributed by atoms with Gasteiger partial charge in [-0.25, -0.2) is 4.79 Å². The molecular weight excluding hydrogens is 346 g/mol. The average molecular weight is 379 g/mol. The topological polar surface area (TPSA) is 73.9 Å². The van der Waals surface area contributed by atoms with Gasteiger partial charge in [-0.3, -0.25) is 4.79 Å². The number of carbonyl (C=O) groups is 2. The summed E-state index contributed by atoms with van der Waals surface area (Å²) in [5.41, 5.74) is -0.115. The second kappa shape index (κ2) is 11.6. The highest BCUT2D eigenvalue weighted by Gasteiger charge is 2.33. The van der Waals surface area contributed by atoms with Crippen LogP contribution in [0.15, 0.2) is 18.2 Å². The summed E-state index contributed by atoms with van der Waals surface area (Å²) in [6.45, 7) is 8.78. The molecule has 0 heterocycles. The van der Waals surface area contributed by atoms with Crippen molar-refractivity contribution in [1.82, 2.24) is 0 Å². The van der Waals surface area contributed by atoms with Gasteiger partial charge in [0, 0.05) is 12.3 Å². The lowest BCUT2D eigenvalue weighted by molar-refractivity contribution is -0.139. The van der Waals surface area contributed by atoms with Gasteiger partial charge in [0.1, 0.15) is 16.9 Å². The van der Waals surface area contributed by atoms with Crippen molar-refractivity contribution < 1.29 is 23.8 Å². The van der Waals surface area contributed by atoms with Crippen molar-refractivity contribution in [3.05, 3.63) is 23.8 Å². The van der Waals surface area contributed by atoms with Gasteiger partial charge >= 0.3 is 5.97 Å². The van der Waals surface area contributed by atoms with Gasteiger partial charge in [-0.2, -0.15) is 0 Å². The van der Waals surface area contributed by atoms with Gasteiger partial charge in [-0.05, 0) is 44.9 Å². The predicted octanol–water partition coefficient (Wildman–Crippen LogP) is 4.58. The van der Waals surface area contributed by atoms with Crippen molar-refractivity contribution >= 4 is 17.6 Å². The second-order valence-corrected chi connectivity index (χ2v) is 6.63. The standard InChI is InChI=1S/C21H33NO5/c1-6-9-13-21(4,27-8-3)20(24)22-16-11-12-18(26-14-10-7-2)17(15-16)19(23)25-5/h11-12,15H,6-10,13-14H2,1-5H3,(H,22,24)/t21-/m0/s1. The molecule has 1 N–H and O–H groups in total. The van der Waals surface area contributed by atoms with Gasteiger partial charge in [-0.15, -0.1) is 0 Å². The molecule has 6 nitrogen and oxygen atoms in total. The quantitative estimate of drug-likeness (QED) is 0.425. The molecule has 0 aliphatic rings. The van der Waals surface area contributed by atoms with E-state index in [-0.39, 0.29) is 11.5 Å². The number of rotatable bonds is 12. The number of hydrogen-bond donors (Lipinski definition) is 1. The van der Waals surface area contributed by atoms with Crippen LogP contribution in [0, 0.1) is 0 Å². The van der Waals surface area contributed by atoms with E-state index in [4.69, 9.17) is 14.2 Å². The Bertz CT molecular complexity index is 617. The van der Waals surface area contributed by atoms with Crippen LogP contribution in [0.4, 0.5) is 5.69 Å². The summed E-state index contributed by atoms with van der Waals surface area (Å²) in [7, 11) is 1.32. The largest absolute Gasteiger partial charge is 0.493 e. The number of esters is 1. The van der Waals surface area contributed by atoms with Crippen LogP contribution in [0.25, 0.3) is 0 Å². The fourth-order valence-electron chi connectivity index (χ4n) is 2.68. The molecule has 0 unspecified atom stereocenters. The highest BCUT2D eigenvalue weighted by Crippen LogP contribution is 2.26. The molecule has 0 saturated heterocycles. The number of ether oxygens (including phenoxy) is 3. The van der Waals surface area contributed by atoms with Crippen LogP contribution in [0.1, 0.15) is 70.2 Å². The minimum absolute atomic E-state index is 0.228. The molecule has 27 heavy (non-hydrogen) atoms. The van der Waals surface area contributed by atoms with Gasteiger partial charge in [-0.1, -0.05) is 33.1 Å². The van der Waals surface area contributed by atoms with Crippen LogP contribution in [0.5, 0.6) is 5.75 Å². The molecule has 1 amide bonds. The Morgan fingerprint density at radius 1 is 1.11 bits per heavy atom. The van der Waals surface area contributed by atoms with Crippen LogP contribution in [0.2, 0.25) is 0 Å². The van der Waals surface area contributed by atoms with Crippen molar-refractivity contribution in [3.8, 4) is 5.75 Å². The highest BCUT2D eigenvalue weighted by atomic mass is 16.5. The molecule has 0 bridgehead atoms. The van der Waals surface area contributed by atoms with Crippen LogP contribution < -0.4 is 10.1 Å². The lowest BCUT2D eigenvalue weighted by Crippen LogP contribution is -2.42. The Kier molecular flexibility index (Phi) is 9.86. The van der Waals surface area contributed by atoms with E-state index in [0.29, 0.717) is 31.1 Å². The molecule has 1 aromatic rings. The Morgan fingerprint density at radius 3 is 2.41 bits per heavy atom. The van der Waals surface area contributed by atoms with E-state index >= 15 is 0 Å². The fourth-order valence-corrected chi connectivity index (χ4v) is 2.68. The zero-order chi connectivity index (χ0) is 20.3. The molecule has 0 spiro atoms. The van der Waals surface area contributed by atoms with Crippen molar-refractivity contribution in [2.75, 3.05) is 25.6 Å². The molecule has 0 fully saturated rings. The summed E-state index contributed by atoms with van der Waals surface area (Å²) in [6, 6.07) is 4.98. The molecular formula is C21H33NO5. The van der Waals surface area contributed by atoms with Crippen LogP contribution >= 0.6 is 0 Å². The lowest BCUT2D eigenvalue weighted by atomic mass is 9.97. The summed E-state index contributed by atoms with van der Waals surface area (Å²) in [5.74, 6) is -0.281. The third-order valence-corrected chi connectivity index (χ3v) is 4.35. The van der Waals surface area contributed by atoms with Crippen molar-refractivity contribution in [2.24, 2.45) is 0 Å². The van der Waals surface area contributed by atoms with E-state index in [1.807, 2.05) is 6.92 Å². The number of unbranched alkanes of at least 4 members (excludes halogenated alkanes) is 2. The monoisotopic (exact) mass is 379 g/mol. The predicted molar refractivity (Wildman–Crippen MR) is 106 cm³/mol. The SMILES string of the molecule is CCCCOc1ccc(NC(=O)[C@](C)(CCCC)OCC)cc1C(=O)OC. The summed E-state index contributed by atoms with van der Waals surface area (Å²) in [4.78, 5) is 24.9. The number of benzene rings is 1. The summed E-state index contributed by atoms with van der Waals surface area (Å²) >= 11 is 0. The van der Waals surface area contributed by atoms with E-state index in [1.165, 1.54) is 7.11 Å². The molecule has 0 aromatic heterocycles. The number of anilines is 1. The molecule has 0 aliphatic carbocycles. The zero-order valence-electron chi connectivity index (χ0n) is 17.2. The van der Waals surface area contributed by atoms with Crippen LogP contribution in [0.3, 0.4) is 0 Å². The second-order valence-electron chi connectivity index (χ2n) is 6.63. The van der Waals surface area contributed by atoms with Crippen molar-refractivity contribution in [2.45, 2.75) is 65.4 Å². The molecule has 1 aromatic carbocycles. The third kappa shape index (κ3) is 6.86. The number of methoxy groups -OCH3 is 1. The summed E-state index contributed by atoms with van der Waals surface area (Å²) in [5, 5.41) is 2.86. The summed E-state index contributed by atoms with van der Waals surface area (Å²) in [6.07, 6.45) is 4.39. The van der Waals surface area contributed by atoms with Gasteiger partial charge in [0.25, 0.3) is 5.91 Å². The Morgan fingerprint density at radius 2 is 1.81 bits per heavy atom. The number of amides is 1. The maximum absolute atomic E-state index is 12.8. The Balaban J connectivity index is 3.01. The molecule has 0 aliphatic heterocycles. The number of hydrogen-bond acceptors (Lipinski definition) is 5.